The molecule has 5 heteroatoms. The van der Waals surface area contributed by atoms with Gasteiger partial charge >= 0.3 is 0 Å². The lowest BCUT2D eigenvalue weighted by molar-refractivity contribution is -0.150. The van der Waals surface area contributed by atoms with E-state index >= 15 is 0 Å². The second-order valence-corrected chi connectivity index (χ2v) is 12.9. The van der Waals surface area contributed by atoms with Gasteiger partial charge in [0.2, 0.25) is 0 Å². The maximum absolute atomic E-state index is 11.4. The number of benzene rings is 1. The Kier molecular flexibility index (Phi) is 7.06. The van der Waals surface area contributed by atoms with Crippen LogP contribution in [0.4, 0.5) is 0 Å². The Morgan fingerprint density at radius 3 is 2.56 bits per heavy atom. The van der Waals surface area contributed by atoms with Gasteiger partial charge in [-0.15, -0.1) is 0 Å². The van der Waals surface area contributed by atoms with Crippen LogP contribution in [0.1, 0.15) is 70.3 Å². The van der Waals surface area contributed by atoms with Gasteiger partial charge in [-0.1, -0.05) is 37.3 Å². The first-order valence-electron chi connectivity index (χ1n) is 14.4. The standard InChI is InChI=1S/C31H44O5/c1-31-12-11-25-24-10-8-23(35-17-19-5-3-2-4-6-19)15-21(24)7-9-26(25)29(31)27(32)16-22(31)13-20-14-28(33)30(34)36-18-20/h2-6,14,21-30,32-34H,7-13,15-18H2,1H3. The molecule has 0 aromatic heterocycles. The molecule has 36 heavy (non-hydrogen) atoms. The Morgan fingerprint density at radius 1 is 0.944 bits per heavy atom. The zero-order chi connectivity index (χ0) is 24.9. The van der Waals surface area contributed by atoms with Crippen LogP contribution in [0.5, 0.6) is 0 Å². The topological polar surface area (TPSA) is 79.2 Å². The van der Waals surface area contributed by atoms with Crippen molar-refractivity contribution in [3.63, 3.8) is 0 Å². The van der Waals surface area contributed by atoms with Crippen LogP contribution < -0.4 is 0 Å². The van der Waals surface area contributed by atoms with E-state index in [1.165, 1.54) is 50.5 Å². The van der Waals surface area contributed by atoms with E-state index in [0.717, 1.165) is 42.8 Å². The van der Waals surface area contributed by atoms with Gasteiger partial charge in [-0.2, -0.15) is 0 Å². The maximum atomic E-state index is 11.4. The highest BCUT2D eigenvalue weighted by molar-refractivity contribution is 5.16. The third-order valence-corrected chi connectivity index (χ3v) is 11.1. The lowest BCUT2D eigenvalue weighted by Crippen LogP contribution is -2.51. The van der Waals surface area contributed by atoms with E-state index in [4.69, 9.17) is 9.47 Å². The van der Waals surface area contributed by atoms with Gasteiger partial charge in [0.25, 0.3) is 0 Å². The molecule has 0 radical (unpaired) electrons. The zero-order valence-electron chi connectivity index (χ0n) is 21.7. The molecule has 5 aliphatic rings. The summed E-state index contributed by atoms with van der Waals surface area (Å²) in [6.45, 7) is 3.54. The summed E-state index contributed by atoms with van der Waals surface area (Å²) in [6.07, 6.45) is 10.3. The fourth-order valence-electron chi connectivity index (χ4n) is 9.36. The molecule has 1 heterocycles. The average Bonchev–Trinajstić information content (AvgIpc) is 3.14. The summed E-state index contributed by atoms with van der Waals surface area (Å²) in [4.78, 5) is 0. The molecule has 1 aromatic rings. The average molecular weight is 497 g/mol. The van der Waals surface area contributed by atoms with Crippen molar-refractivity contribution in [1.82, 2.24) is 0 Å². The lowest BCUT2D eigenvalue weighted by Gasteiger charge is -2.56. The van der Waals surface area contributed by atoms with Crippen LogP contribution in [-0.4, -0.2) is 46.5 Å². The molecule has 6 rings (SSSR count). The van der Waals surface area contributed by atoms with Gasteiger partial charge in [0.05, 0.1) is 25.4 Å². The van der Waals surface area contributed by atoms with Gasteiger partial charge in [-0.3, -0.25) is 0 Å². The first kappa shape index (κ1) is 25.1. The Hall–Kier alpha value is -1.24. The summed E-state index contributed by atoms with van der Waals surface area (Å²) in [5.74, 6) is 3.75. The summed E-state index contributed by atoms with van der Waals surface area (Å²) < 4.78 is 11.7. The second-order valence-electron chi connectivity index (χ2n) is 12.9. The quantitative estimate of drug-likeness (QED) is 0.509. The van der Waals surface area contributed by atoms with Gasteiger partial charge in [0.1, 0.15) is 6.10 Å². The smallest absolute Gasteiger partial charge is 0.184 e. The minimum atomic E-state index is -1.12. The van der Waals surface area contributed by atoms with E-state index in [1.54, 1.807) is 6.08 Å². The molecule has 0 amide bonds. The molecular formula is C31H44O5. The van der Waals surface area contributed by atoms with Crippen molar-refractivity contribution in [3.8, 4) is 0 Å². The van der Waals surface area contributed by atoms with E-state index in [9.17, 15) is 15.3 Å². The predicted molar refractivity (Wildman–Crippen MR) is 138 cm³/mol. The van der Waals surface area contributed by atoms with E-state index in [0.29, 0.717) is 30.5 Å². The molecule has 11 unspecified atom stereocenters. The molecule has 4 fully saturated rings. The van der Waals surface area contributed by atoms with E-state index in [1.807, 2.05) is 0 Å². The van der Waals surface area contributed by atoms with Crippen LogP contribution in [0.25, 0.3) is 0 Å². The molecule has 1 aliphatic heterocycles. The van der Waals surface area contributed by atoms with Crippen LogP contribution in [0.2, 0.25) is 0 Å². The van der Waals surface area contributed by atoms with Crippen LogP contribution in [0, 0.1) is 40.9 Å². The fraction of sp³-hybridized carbons (Fsp3) is 0.742. The Morgan fingerprint density at radius 2 is 1.75 bits per heavy atom. The normalized spacial score (nSPS) is 46.4. The fourth-order valence-corrected chi connectivity index (χ4v) is 9.36. The van der Waals surface area contributed by atoms with Crippen molar-refractivity contribution in [1.29, 1.82) is 0 Å². The Bertz CT molecular complexity index is 932. The van der Waals surface area contributed by atoms with Gasteiger partial charge in [0.15, 0.2) is 6.29 Å². The zero-order valence-corrected chi connectivity index (χ0v) is 21.7. The van der Waals surface area contributed by atoms with Crippen molar-refractivity contribution in [2.75, 3.05) is 6.61 Å². The predicted octanol–water partition coefficient (Wildman–Crippen LogP) is 4.84. The number of ether oxygens (including phenoxy) is 2. The highest BCUT2D eigenvalue weighted by atomic mass is 16.6. The van der Waals surface area contributed by atoms with Crippen molar-refractivity contribution >= 4 is 0 Å². The summed E-state index contributed by atoms with van der Waals surface area (Å²) >= 11 is 0. The van der Waals surface area contributed by atoms with E-state index < -0.39 is 12.4 Å². The van der Waals surface area contributed by atoms with Crippen LogP contribution >= 0.6 is 0 Å². The number of aliphatic hydroxyl groups is 3. The summed E-state index contributed by atoms with van der Waals surface area (Å²) in [6, 6.07) is 10.5. The third kappa shape index (κ3) is 4.60. The third-order valence-electron chi connectivity index (χ3n) is 11.1. The molecule has 5 nitrogen and oxygen atoms in total. The number of hydrogen-bond acceptors (Lipinski definition) is 5. The van der Waals surface area contributed by atoms with Crippen molar-refractivity contribution in [2.45, 2.75) is 95.9 Å². The molecule has 1 aromatic carbocycles. The molecule has 0 spiro atoms. The SMILES string of the molecule is CC12CCC3C4CCC(OCc5ccccc5)CC4CCC3C1C(O)CC2CC1=CC(O)C(O)OC1. The molecule has 0 saturated heterocycles. The molecule has 4 saturated carbocycles. The van der Waals surface area contributed by atoms with Crippen LogP contribution in [-0.2, 0) is 16.1 Å². The molecular weight excluding hydrogens is 452 g/mol. The second kappa shape index (κ2) is 10.1. The number of fused-ring (bicyclic) bond motifs is 5. The molecule has 4 aliphatic carbocycles. The largest absolute Gasteiger partial charge is 0.393 e. The van der Waals surface area contributed by atoms with Gasteiger partial charge in [-0.05, 0) is 116 Å². The van der Waals surface area contributed by atoms with Crippen LogP contribution in [0.3, 0.4) is 0 Å². The molecule has 0 bridgehead atoms. The van der Waals surface area contributed by atoms with E-state index in [-0.39, 0.29) is 11.5 Å². The first-order valence-corrected chi connectivity index (χ1v) is 14.4. The maximum Gasteiger partial charge on any atom is 0.184 e. The molecule has 3 N–H and O–H groups in total. The van der Waals surface area contributed by atoms with Gasteiger partial charge in [-0.25, -0.2) is 0 Å². The summed E-state index contributed by atoms with van der Waals surface area (Å²) in [7, 11) is 0. The highest BCUT2D eigenvalue weighted by Gasteiger charge is 2.60. The minimum absolute atomic E-state index is 0.144. The van der Waals surface area contributed by atoms with Crippen LogP contribution in [0.15, 0.2) is 42.0 Å². The Balaban J connectivity index is 1.10. The monoisotopic (exact) mass is 496 g/mol. The summed E-state index contributed by atoms with van der Waals surface area (Å²) in [5.41, 5.74) is 2.48. The number of aliphatic hydroxyl groups excluding tert-OH is 3. The summed E-state index contributed by atoms with van der Waals surface area (Å²) in [5, 5.41) is 31.1. The Labute approximate surface area is 215 Å². The van der Waals surface area contributed by atoms with Crippen molar-refractivity contribution in [2.24, 2.45) is 40.9 Å². The number of rotatable bonds is 5. The van der Waals surface area contributed by atoms with E-state index in [2.05, 4.69) is 37.3 Å². The number of hydrogen-bond donors (Lipinski definition) is 3. The van der Waals surface area contributed by atoms with Crippen molar-refractivity contribution in [3.05, 3.63) is 47.5 Å². The van der Waals surface area contributed by atoms with Crippen molar-refractivity contribution < 1.29 is 24.8 Å². The first-order chi connectivity index (χ1) is 17.4. The van der Waals surface area contributed by atoms with Gasteiger partial charge < -0.3 is 24.8 Å². The highest BCUT2D eigenvalue weighted by Crippen LogP contribution is 2.65. The molecule has 11 atom stereocenters. The lowest BCUT2D eigenvalue weighted by atomic mass is 9.49. The molecule has 198 valence electrons. The van der Waals surface area contributed by atoms with Gasteiger partial charge in [0, 0.05) is 0 Å². The minimum Gasteiger partial charge on any atom is -0.393 e.